The van der Waals surface area contributed by atoms with E-state index in [1.807, 2.05) is 32.0 Å². The number of pyridine rings is 1. The molecular weight excluding hydrogens is 256 g/mol. The molecule has 0 saturated carbocycles. The molecule has 2 aromatic rings. The number of nitrogens with one attached hydrogen (secondary N) is 1. The van der Waals surface area contributed by atoms with Crippen LogP contribution in [0, 0.1) is 13.8 Å². The molecule has 1 aromatic carbocycles. The minimum Gasteiger partial charge on any atom is -0.306 e. The van der Waals surface area contributed by atoms with Crippen LogP contribution in [0.3, 0.4) is 0 Å². The lowest BCUT2D eigenvalue weighted by molar-refractivity contribution is 0.629. The first-order valence-corrected chi connectivity index (χ1v) is 6.92. The highest BCUT2D eigenvalue weighted by atomic mass is 35.5. The van der Waals surface area contributed by atoms with E-state index < -0.39 is 0 Å². The van der Waals surface area contributed by atoms with Gasteiger partial charge in [-0.05, 0) is 49.7 Å². The Morgan fingerprint density at radius 3 is 2.37 bits per heavy atom. The smallest absolute Gasteiger partial charge is 0.0592 e. The summed E-state index contributed by atoms with van der Waals surface area (Å²) in [5.74, 6) is 0. The number of rotatable bonds is 4. The van der Waals surface area contributed by atoms with Crippen LogP contribution >= 0.6 is 11.6 Å². The Morgan fingerprint density at radius 1 is 1.16 bits per heavy atom. The van der Waals surface area contributed by atoms with Gasteiger partial charge in [-0.3, -0.25) is 4.98 Å². The number of hydrogen-bond acceptors (Lipinski definition) is 2. The van der Waals surface area contributed by atoms with Gasteiger partial charge in [0.2, 0.25) is 0 Å². The molecule has 1 atom stereocenters. The maximum atomic E-state index is 6.33. The van der Waals surface area contributed by atoms with E-state index in [9.17, 15) is 0 Å². The highest BCUT2D eigenvalue weighted by Gasteiger charge is 2.16. The molecule has 1 N–H and O–H groups in total. The third kappa shape index (κ3) is 3.34. The molecule has 1 heterocycles. The third-order valence-corrected chi connectivity index (χ3v) is 3.41. The number of halogens is 1. The fourth-order valence-corrected chi connectivity index (χ4v) is 2.60. The minimum atomic E-state index is 0.110. The minimum absolute atomic E-state index is 0.110. The zero-order valence-electron chi connectivity index (χ0n) is 11.6. The lowest BCUT2D eigenvalue weighted by Crippen LogP contribution is -2.22. The quantitative estimate of drug-likeness (QED) is 0.910. The maximum absolute atomic E-state index is 6.33. The number of hydrogen-bond donors (Lipinski definition) is 1. The van der Waals surface area contributed by atoms with Gasteiger partial charge in [0.25, 0.3) is 0 Å². The highest BCUT2D eigenvalue weighted by Crippen LogP contribution is 2.28. The Balaban J connectivity index is 2.48. The Kier molecular flexibility index (Phi) is 4.56. The second kappa shape index (κ2) is 6.18. The van der Waals surface area contributed by atoms with Gasteiger partial charge < -0.3 is 5.32 Å². The zero-order valence-corrected chi connectivity index (χ0v) is 12.3. The van der Waals surface area contributed by atoms with Crippen LogP contribution in [-0.4, -0.2) is 11.5 Å². The van der Waals surface area contributed by atoms with E-state index in [1.165, 1.54) is 5.56 Å². The first-order chi connectivity index (χ1) is 9.11. The average Bonchev–Trinajstić information content (AvgIpc) is 2.36. The van der Waals surface area contributed by atoms with Crippen LogP contribution in [-0.2, 0) is 0 Å². The molecule has 1 aromatic heterocycles. The van der Waals surface area contributed by atoms with Gasteiger partial charge in [0.15, 0.2) is 0 Å². The summed E-state index contributed by atoms with van der Waals surface area (Å²) in [4.78, 5) is 4.43. The summed E-state index contributed by atoms with van der Waals surface area (Å²) in [6, 6.07) is 12.3. The zero-order chi connectivity index (χ0) is 13.8. The van der Waals surface area contributed by atoms with Gasteiger partial charge >= 0.3 is 0 Å². The summed E-state index contributed by atoms with van der Waals surface area (Å²) in [7, 11) is 0. The fraction of sp³-hybridized carbons (Fsp3) is 0.312. The Labute approximate surface area is 119 Å². The summed E-state index contributed by atoms with van der Waals surface area (Å²) >= 11 is 6.33. The Bertz CT molecular complexity index is 546. The first-order valence-electron chi connectivity index (χ1n) is 6.54. The van der Waals surface area contributed by atoms with Gasteiger partial charge in [-0.15, -0.1) is 0 Å². The topological polar surface area (TPSA) is 24.9 Å². The van der Waals surface area contributed by atoms with Crippen LogP contribution in [0.4, 0.5) is 0 Å². The van der Waals surface area contributed by atoms with Crippen molar-refractivity contribution in [2.45, 2.75) is 26.8 Å². The molecule has 1 unspecified atom stereocenters. The van der Waals surface area contributed by atoms with E-state index in [0.29, 0.717) is 0 Å². The molecule has 0 aliphatic heterocycles. The highest BCUT2D eigenvalue weighted by molar-refractivity contribution is 6.31. The van der Waals surface area contributed by atoms with Crippen LogP contribution < -0.4 is 5.32 Å². The van der Waals surface area contributed by atoms with Gasteiger partial charge in [0, 0.05) is 16.4 Å². The molecule has 100 valence electrons. The van der Waals surface area contributed by atoms with Crippen molar-refractivity contribution in [3.8, 4) is 0 Å². The fourth-order valence-electron chi connectivity index (χ4n) is 2.35. The van der Waals surface area contributed by atoms with Crippen molar-refractivity contribution in [1.29, 1.82) is 0 Å². The van der Waals surface area contributed by atoms with E-state index in [1.54, 1.807) is 0 Å². The Hall–Kier alpha value is -1.38. The van der Waals surface area contributed by atoms with Crippen molar-refractivity contribution < 1.29 is 0 Å². The Morgan fingerprint density at radius 2 is 1.79 bits per heavy atom. The van der Waals surface area contributed by atoms with Crippen LogP contribution in [0.2, 0.25) is 5.02 Å². The summed E-state index contributed by atoms with van der Waals surface area (Å²) in [6.45, 7) is 7.03. The molecule has 0 bridgehead atoms. The molecule has 0 aliphatic carbocycles. The third-order valence-electron chi connectivity index (χ3n) is 3.06. The van der Waals surface area contributed by atoms with Crippen molar-refractivity contribution in [2.75, 3.05) is 6.54 Å². The molecule has 0 radical (unpaired) electrons. The predicted molar refractivity (Wildman–Crippen MR) is 80.7 cm³/mol. The molecule has 3 heteroatoms. The molecule has 0 fully saturated rings. The van der Waals surface area contributed by atoms with Gasteiger partial charge in [0.1, 0.15) is 0 Å². The molecular formula is C16H19ClN2. The second-order valence-corrected chi connectivity index (χ2v) is 5.10. The monoisotopic (exact) mass is 274 g/mol. The summed E-state index contributed by atoms with van der Waals surface area (Å²) in [5, 5.41) is 4.29. The summed E-state index contributed by atoms with van der Waals surface area (Å²) in [6.07, 6.45) is 0. The van der Waals surface area contributed by atoms with Gasteiger partial charge in [-0.25, -0.2) is 0 Å². The van der Waals surface area contributed by atoms with E-state index in [0.717, 1.165) is 28.5 Å². The second-order valence-electron chi connectivity index (χ2n) is 4.70. The molecule has 0 aliphatic rings. The van der Waals surface area contributed by atoms with Crippen molar-refractivity contribution in [1.82, 2.24) is 10.3 Å². The lowest BCUT2D eigenvalue weighted by atomic mass is 9.98. The van der Waals surface area contributed by atoms with E-state index in [2.05, 4.69) is 35.4 Å². The lowest BCUT2D eigenvalue weighted by Gasteiger charge is -2.21. The molecule has 19 heavy (non-hydrogen) atoms. The molecule has 0 spiro atoms. The van der Waals surface area contributed by atoms with Gasteiger partial charge in [-0.1, -0.05) is 36.7 Å². The van der Waals surface area contributed by atoms with Crippen molar-refractivity contribution in [3.05, 3.63) is 63.9 Å². The van der Waals surface area contributed by atoms with E-state index in [4.69, 9.17) is 11.6 Å². The van der Waals surface area contributed by atoms with E-state index in [-0.39, 0.29) is 6.04 Å². The van der Waals surface area contributed by atoms with Crippen LogP contribution in [0.5, 0.6) is 0 Å². The number of nitrogens with zero attached hydrogens (tertiary/aromatic N) is 1. The number of aromatic nitrogens is 1. The summed E-state index contributed by atoms with van der Waals surface area (Å²) in [5.41, 5.74) is 4.38. The standard InChI is InChI=1S/C16H19ClN2/c1-4-18-16(14-7-5-6-8-15(14)17)13-9-11(2)19-12(3)10-13/h5-10,16,18H,4H2,1-3H3. The number of benzene rings is 1. The van der Waals surface area contributed by atoms with Crippen LogP contribution in [0.15, 0.2) is 36.4 Å². The number of aryl methyl sites for hydroxylation is 2. The first kappa shape index (κ1) is 14.0. The van der Waals surface area contributed by atoms with Gasteiger partial charge in [-0.2, -0.15) is 0 Å². The van der Waals surface area contributed by atoms with Crippen molar-refractivity contribution in [2.24, 2.45) is 0 Å². The normalized spacial score (nSPS) is 12.4. The summed E-state index contributed by atoms with van der Waals surface area (Å²) < 4.78 is 0. The van der Waals surface area contributed by atoms with Gasteiger partial charge in [0.05, 0.1) is 6.04 Å². The van der Waals surface area contributed by atoms with Crippen molar-refractivity contribution in [3.63, 3.8) is 0 Å². The average molecular weight is 275 g/mol. The van der Waals surface area contributed by atoms with Crippen LogP contribution in [0.1, 0.15) is 35.5 Å². The predicted octanol–water partition coefficient (Wildman–Crippen LogP) is 4.05. The molecule has 2 rings (SSSR count). The molecule has 2 nitrogen and oxygen atoms in total. The van der Waals surface area contributed by atoms with E-state index >= 15 is 0 Å². The largest absolute Gasteiger partial charge is 0.306 e. The SMILES string of the molecule is CCNC(c1cc(C)nc(C)c1)c1ccccc1Cl. The maximum Gasteiger partial charge on any atom is 0.0592 e. The molecule has 0 amide bonds. The van der Waals surface area contributed by atoms with Crippen LogP contribution in [0.25, 0.3) is 0 Å². The van der Waals surface area contributed by atoms with Crippen molar-refractivity contribution >= 4 is 11.6 Å². The molecule has 0 saturated heterocycles.